The van der Waals surface area contributed by atoms with E-state index >= 15 is 0 Å². The molecule has 108 valence electrons. The number of nitrogens with one attached hydrogen (secondary N) is 1. The van der Waals surface area contributed by atoms with Gasteiger partial charge in [-0.05, 0) is 46.2 Å². The minimum Gasteiger partial charge on any atom is -0.431 e. The Morgan fingerprint density at radius 2 is 2.14 bits per heavy atom. The van der Waals surface area contributed by atoms with E-state index < -0.39 is 0 Å². The molecule has 21 heavy (non-hydrogen) atoms. The number of nitrogens with zero attached hydrogens (tertiary/aromatic N) is 3. The molecule has 0 atom stereocenters. The largest absolute Gasteiger partial charge is 0.431 e. The zero-order chi connectivity index (χ0) is 14.7. The number of fused-ring (bicyclic) bond motifs is 1. The smallest absolute Gasteiger partial charge is 0.263 e. The third-order valence-corrected chi connectivity index (χ3v) is 4.40. The second-order valence-corrected chi connectivity index (χ2v) is 6.12. The van der Waals surface area contributed by atoms with E-state index in [1.807, 2.05) is 24.3 Å². The molecule has 2 aromatic heterocycles. The Morgan fingerprint density at radius 1 is 1.29 bits per heavy atom. The van der Waals surface area contributed by atoms with Gasteiger partial charge in [0.15, 0.2) is 5.58 Å². The second kappa shape index (κ2) is 6.44. The molecule has 3 rings (SSSR count). The first-order valence-corrected chi connectivity index (χ1v) is 8.17. The summed E-state index contributed by atoms with van der Waals surface area (Å²) in [4.78, 5) is 13.1. The topological polar surface area (TPSA) is 63.8 Å². The van der Waals surface area contributed by atoms with E-state index in [-0.39, 0.29) is 0 Å². The fourth-order valence-corrected chi connectivity index (χ4v) is 2.88. The standard InChI is InChI=1S/C14H13BrN4OS/c1-2-7-16-13-17-8-9(15)12(19-13)21-14-18-10-5-3-4-6-11(10)20-14/h3-6,8H,2,7H2,1H3,(H,16,17,19). The molecule has 0 unspecified atom stereocenters. The van der Waals surface area contributed by atoms with Gasteiger partial charge in [-0.2, -0.15) is 0 Å². The summed E-state index contributed by atoms with van der Waals surface area (Å²) in [5, 5.41) is 4.51. The van der Waals surface area contributed by atoms with Crippen molar-refractivity contribution in [3.05, 3.63) is 34.9 Å². The van der Waals surface area contributed by atoms with Gasteiger partial charge in [-0.1, -0.05) is 19.1 Å². The van der Waals surface area contributed by atoms with Crippen LogP contribution in [0.4, 0.5) is 5.95 Å². The van der Waals surface area contributed by atoms with Crippen LogP contribution in [-0.2, 0) is 0 Å². The number of oxazole rings is 1. The summed E-state index contributed by atoms with van der Waals surface area (Å²) in [5.74, 6) is 0.610. The minimum absolute atomic E-state index is 0.567. The molecule has 5 nitrogen and oxygen atoms in total. The van der Waals surface area contributed by atoms with Crippen molar-refractivity contribution >= 4 is 44.7 Å². The average molecular weight is 365 g/mol. The van der Waals surface area contributed by atoms with Gasteiger partial charge in [-0.25, -0.2) is 15.0 Å². The van der Waals surface area contributed by atoms with Crippen LogP contribution in [0.2, 0.25) is 0 Å². The predicted octanol–water partition coefficient (Wildman–Crippen LogP) is 4.35. The number of aromatic nitrogens is 3. The summed E-state index contributed by atoms with van der Waals surface area (Å²) in [6.07, 6.45) is 2.75. The third-order valence-electron chi connectivity index (χ3n) is 2.70. The monoisotopic (exact) mass is 364 g/mol. The molecule has 0 bridgehead atoms. The zero-order valence-corrected chi connectivity index (χ0v) is 13.7. The fourth-order valence-electron chi connectivity index (χ4n) is 1.72. The molecule has 3 aromatic rings. The lowest BCUT2D eigenvalue weighted by Crippen LogP contribution is -2.04. The van der Waals surface area contributed by atoms with Crippen LogP contribution in [0.15, 0.2) is 49.6 Å². The first-order valence-electron chi connectivity index (χ1n) is 6.56. The van der Waals surface area contributed by atoms with Crippen molar-refractivity contribution in [1.82, 2.24) is 15.0 Å². The van der Waals surface area contributed by atoms with Gasteiger partial charge < -0.3 is 9.73 Å². The molecule has 0 spiro atoms. The number of anilines is 1. The lowest BCUT2D eigenvalue weighted by molar-refractivity contribution is 0.489. The molecule has 7 heteroatoms. The van der Waals surface area contributed by atoms with Crippen LogP contribution < -0.4 is 5.32 Å². The Bertz CT molecular complexity index is 729. The van der Waals surface area contributed by atoms with Gasteiger partial charge in [-0.3, -0.25) is 0 Å². The van der Waals surface area contributed by atoms with Crippen LogP contribution in [0, 0.1) is 0 Å². The highest BCUT2D eigenvalue weighted by Crippen LogP contribution is 2.33. The Labute approximate surface area is 134 Å². The lowest BCUT2D eigenvalue weighted by Gasteiger charge is -2.05. The maximum atomic E-state index is 5.70. The Balaban J connectivity index is 1.86. The summed E-state index contributed by atoms with van der Waals surface area (Å²) < 4.78 is 6.51. The van der Waals surface area contributed by atoms with Crippen LogP contribution in [-0.4, -0.2) is 21.5 Å². The van der Waals surface area contributed by atoms with Crippen LogP contribution in [0.5, 0.6) is 0 Å². The predicted molar refractivity (Wildman–Crippen MR) is 86.6 cm³/mol. The van der Waals surface area contributed by atoms with Crippen molar-refractivity contribution in [2.24, 2.45) is 0 Å². The average Bonchev–Trinajstić information content (AvgIpc) is 2.90. The second-order valence-electron chi connectivity index (χ2n) is 4.32. The summed E-state index contributed by atoms with van der Waals surface area (Å²) in [6, 6.07) is 7.68. The first kappa shape index (κ1) is 14.3. The van der Waals surface area contributed by atoms with Crippen LogP contribution in [0.3, 0.4) is 0 Å². The molecule has 2 heterocycles. The molecule has 0 amide bonds. The molecule has 0 aliphatic rings. The van der Waals surface area contributed by atoms with E-state index in [4.69, 9.17) is 4.42 Å². The number of halogens is 1. The molecule has 1 N–H and O–H groups in total. The first-order chi connectivity index (χ1) is 10.3. The van der Waals surface area contributed by atoms with Crippen molar-refractivity contribution in [2.75, 3.05) is 11.9 Å². The normalized spacial score (nSPS) is 11.0. The molecule has 0 radical (unpaired) electrons. The highest BCUT2D eigenvalue weighted by atomic mass is 79.9. The molecule has 0 fully saturated rings. The van der Waals surface area contributed by atoms with Gasteiger partial charge in [-0.15, -0.1) is 0 Å². The van der Waals surface area contributed by atoms with Gasteiger partial charge in [0.1, 0.15) is 10.5 Å². The number of hydrogen-bond donors (Lipinski definition) is 1. The van der Waals surface area contributed by atoms with Crippen LogP contribution >= 0.6 is 27.7 Å². The van der Waals surface area contributed by atoms with Gasteiger partial charge in [0.25, 0.3) is 5.22 Å². The van der Waals surface area contributed by atoms with E-state index in [1.54, 1.807) is 6.20 Å². The van der Waals surface area contributed by atoms with E-state index in [1.165, 1.54) is 11.8 Å². The van der Waals surface area contributed by atoms with Gasteiger partial charge in [0.2, 0.25) is 5.95 Å². The quantitative estimate of drug-likeness (QED) is 0.678. The number of benzene rings is 1. The van der Waals surface area contributed by atoms with Crippen LogP contribution in [0.1, 0.15) is 13.3 Å². The Morgan fingerprint density at radius 3 is 2.95 bits per heavy atom. The zero-order valence-electron chi connectivity index (χ0n) is 11.3. The Kier molecular flexibility index (Phi) is 4.40. The fraction of sp³-hybridized carbons (Fsp3) is 0.214. The number of rotatable bonds is 5. The molecular weight excluding hydrogens is 352 g/mol. The summed E-state index contributed by atoms with van der Waals surface area (Å²) in [6.45, 7) is 2.94. The summed E-state index contributed by atoms with van der Waals surface area (Å²) >= 11 is 4.83. The van der Waals surface area contributed by atoms with Crippen molar-refractivity contribution in [1.29, 1.82) is 0 Å². The molecule has 1 aromatic carbocycles. The Hall–Kier alpha value is -1.60. The molecule has 0 aliphatic carbocycles. The number of para-hydroxylation sites is 2. The van der Waals surface area contributed by atoms with Gasteiger partial charge >= 0.3 is 0 Å². The van der Waals surface area contributed by atoms with Crippen molar-refractivity contribution in [3.8, 4) is 0 Å². The highest BCUT2D eigenvalue weighted by Gasteiger charge is 2.12. The van der Waals surface area contributed by atoms with E-state index in [2.05, 4.69) is 43.1 Å². The van der Waals surface area contributed by atoms with E-state index in [0.717, 1.165) is 33.6 Å². The number of hydrogen-bond acceptors (Lipinski definition) is 6. The molecule has 0 aliphatic heterocycles. The van der Waals surface area contributed by atoms with Crippen molar-refractivity contribution < 1.29 is 4.42 Å². The third kappa shape index (κ3) is 3.36. The molecule has 0 saturated carbocycles. The van der Waals surface area contributed by atoms with E-state index in [9.17, 15) is 0 Å². The minimum atomic E-state index is 0.567. The van der Waals surface area contributed by atoms with Crippen molar-refractivity contribution in [2.45, 2.75) is 23.6 Å². The highest BCUT2D eigenvalue weighted by molar-refractivity contribution is 9.10. The molecule has 0 saturated heterocycles. The van der Waals surface area contributed by atoms with Crippen molar-refractivity contribution in [3.63, 3.8) is 0 Å². The maximum absolute atomic E-state index is 5.70. The van der Waals surface area contributed by atoms with Gasteiger partial charge in [0, 0.05) is 12.7 Å². The summed E-state index contributed by atoms with van der Waals surface area (Å²) in [5.41, 5.74) is 1.61. The summed E-state index contributed by atoms with van der Waals surface area (Å²) in [7, 11) is 0. The molecular formula is C14H13BrN4OS. The van der Waals surface area contributed by atoms with E-state index in [0.29, 0.717) is 11.2 Å². The van der Waals surface area contributed by atoms with Crippen LogP contribution in [0.25, 0.3) is 11.1 Å². The lowest BCUT2D eigenvalue weighted by atomic mass is 10.3. The van der Waals surface area contributed by atoms with Gasteiger partial charge in [0.05, 0.1) is 4.47 Å². The maximum Gasteiger partial charge on any atom is 0.263 e. The SMILES string of the molecule is CCCNc1ncc(Br)c(Sc2nc3ccccc3o2)n1.